The zero-order valence-corrected chi connectivity index (χ0v) is 13.8. The lowest BCUT2D eigenvalue weighted by atomic mass is 10.00. The van der Waals surface area contributed by atoms with Gasteiger partial charge in [-0.25, -0.2) is 8.42 Å². The molecule has 1 amide bonds. The lowest BCUT2D eigenvalue weighted by molar-refractivity contribution is 0.0910. The summed E-state index contributed by atoms with van der Waals surface area (Å²) in [5.74, 6) is -0.211. The predicted molar refractivity (Wildman–Crippen MR) is 82.0 cm³/mol. The number of sulfone groups is 1. The Labute approximate surface area is 128 Å². The van der Waals surface area contributed by atoms with Crippen LogP contribution in [0.25, 0.3) is 0 Å². The molecule has 0 aliphatic heterocycles. The second kappa shape index (κ2) is 5.85. The van der Waals surface area contributed by atoms with Crippen LogP contribution in [0.3, 0.4) is 0 Å². The van der Waals surface area contributed by atoms with E-state index in [1.165, 1.54) is 12.1 Å². The maximum atomic E-state index is 12.3. The van der Waals surface area contributed by atoms with Gasteiger partial charge in [-0.1, -0.05) is 34.8 Å². The van der Waals surface area contributed by atoms with Crippen molar-refractivity contribution in [1.82, 2.24) is 5.32 Å². The first-order valence-corrected chi connectivity index (χ1v) is 9.56. The fourth-order valence-electron chi connectivity index (χ4n) is 2.52. The van der Waals surface area contributed by atoms with Crippen LogP contribution in [-0.2, 0) is 9.84 Å². The molecule has 1 fully saturated rings. The summed E-state index contributed by atoms with van der Waals surface area (Å²) in [5, 5.41) is 3.78. The van der Waals surface area contributed by atoms with Gasteiger partial charge in [0.25, 0.3) is 5.91 Å². The van der Waals surface area contributed by atoms with Gasteiger partial charge < -0.3 is 5.32 Å². The van der Waals surface area contributed by atoms with Crippen molar-refractivity contribution in [2.45, 2.75) is 36.1 Å². The van der Waals surface area contributed by atoms with Crippen molar-refractivity contribution in [2.24, 2.45) is 0 Å². The lowest BCUT2D eigenvalue weighted by Gasteiger charge is -2.28. The van der Waals surface area contributed by atoms with Crippen LogP contribution in [0, 0.1) is 0 Å². The standard InChI is InChI=1S/C14H18BrNO3S/c1-20(18,19)12-6-4-5-11(9-12)13(17)16-14(10-15)7-2-3-8-14/h4-6,9H,2-3,7-8,10H2,1H3,(H,16,17). The molecule has 0 unspecified atom stereocenters. The third kappa shape index (κ3) is 3.41. The average Bonchev–Trinajstić information content (AvgIpc) is 2.87. The average molecular weight is 360 g/mol. The zero-order chi connectivity index (χ0) is 14.8. The number of nitrogens with one attached hydrogen (secondary N) is 1. The normalized spacial score (nSPS) is 17.9. The molecule has 1 aliphatic rings. The molecule has 0 saturated heterocycles. The highest BCUT2D eigenvalue weighted by Gasteiger charge is 2.34. The molecule has 110 valence electrons. The van der Waals surface area contributed by atoms with Crippen molar-refractivity contribution < 1.29 is 13.2 Å². The fourth-order valence-corrected chi connectivity index (χ4v) is 3.89. The van der Waals surface area contributed by atoms with Crippen LogP contribution >= 0.6 is 15.9 Å². The van der Waals surface area contributed by atoms with Crippen molar-refractivity contribution in [2.75, 3.05) is 11.6 Å². The fraction of sp³-hybridized carbons (Fsp3) is 0.500. The molecule has 2 rings (SSSR count). The highest BCUT2D eigenvalue weighted by atomic mass is 79.9. The number of hydrogen-bond donors (Lipinski definition) is 1. The Morgan fingerprint density at radius 3 is 2.55 bits per heavy atom. The van der Waals surface area contributed by atoms with Crippen molar-refractivity contribution in [3.05, 3.63) is 29.8 Å². The lowest BCUT2D eigenvalue weighted by Crippen LogP contribution is -2.47. The third-order valence-corrected chi connectivity index (χ3v) is 5.90. The van der Waals surface area contributed by atoms with Crippen LogP contribution in [0.2, 0.25) is 0 Å². The molecule has 6 heteroatoms. The van der Waals surface area contributed by atoms with E-state index in [0.29, 0.717) is 5.56 Å². The smallest absolute Gasteiger partial charge is 0.251 e. The van der Waals surface area contributed by atoms with Crippen molar-refractivity contribution in [3.8, 4) is 0 Å². The van der Waals surface area contributed by atoms with Gasteiger partial charge in [0, 0.05) is 17.1 Å². The second-order valence-corrected chi connectivity index (χ2v) is 7.95. The van der Waals surface area contributed by atoms with Crippen molar-refractivity contribution in [3.63, 3.8) is 0 Å². The van der Waals surface area contributed by atoms with Gasteiger partial charge >= 0.3 is 0 Å². The number of carbonyl (C=O) groups excluding carboxylic acids is 1. The molecule has 0 heterocycles. The molecule has 4 nitrogen and oxygen atoms in total. The summed E-state index contributed by atoms with van der Waals surface area (Å²) in [6.45, 7) is 0. The number of carbonyl (C=O) groups is 1. The number of halogens is 1. The largest absolute Gasteiger partial charge is 0.346 e. The Morgan fingerprint density at radius 2 is 2.00 bits per heavy atom. The van der Waals surface area contributed by atoms with Crippen LogP contribution in [0.1, 0.15) is 36.0 Å². The molecule has 0 spiro atoms. The number of amides is 1. The Kier molecular flexibility index (Phi) is 4.54. The Balaban J connectivity index is 2.21. The minimum absolute atomic E-state index is 0.171. The van der Waals surface area contributed by atoms with Crippen LogP contribution < -0.4 is 5.32 Å². The number of alkyl halides is 1. The van der Waals surface area contributed by atoms with Gasteiger partial charge in [0.1, 0.15) is 0 Å². The van der Waals surface area contributed by atoms with Crippen LogP contribution in [0.15, 0.2) is 29.2 Å². The van der Waals surface area contributed by atoms with E-state index in [1.807, 2.05) is 0 Å². The van der Waals surface area contributed by atoms with Crippen LogP contribution in [0.5, 0.6) is 0 Å². The Bertz CT molecular complexity index is 607. The first-order chi connectivity index (χ1) is 9.36. The molecule has 0 bridgehead atoms. The van der Waals surface area contributed by atoms with Gasteiger partial charge in [-0.3, -0.25) is 4.79 Å². The van der Waals surface area contributed by atoms with Gasteiger partial charge in [-0.15, -0.1) is 0 Å². The number of rotatable bonds is 4. The molecule has 0 aromatic heterocycles. The van der Waals surface area contributed by atoms with Gasteiger partial charge in [-0.2, -0.15) is 0 Å². The first kappa shape index (κ1) is 15.5. The number of hydrogen-bond acceptors (Lipinski definition) is 3. The summed E-state index contributed by atoms with van der Waals surface area (Å²) in [7, 11) is -3.30. The van der Waals surface area contributed by atoms with E-state index in [4.69, 9.17) is 0 Å². The maximum absolute atomic E-state index is 12.3. The highest BCUT2D eigenvalue weighted by molar-refractivity contribution is 9.09. The number of benzene rings is 1. The van der Waals surface area contributed by atoms with Gasteiger partial charge in [0.15, 0.2) is 9.84 Å². The summed E-state index contributed by atoms with van der Waals surface area (Å²) in [5.41, 5.74) is 0.193. The predicted octanol–water partition coefficient (Wildman–Crippen LogP) is 2.53. The quantitative estimate of drug-likeness (QED) is 0.840. The SMILES string of the molecule is CS(=O)(=O)c1cccc(C(=O)NC2(CBr)CCCC2)c1. The summed E-state index contributed by atoms with van der Waals surface area (Å²) in [6, 6.07) is 6.17. The van der Waals surface area contributed by atoms with Crippen molar-refractivity contribution >= 4 is 31.7 Å². The second-order valence-electron chi connectivity index (χ2n) is 5.38. The maximum Gasteiger partial charge on any atom is 0.251 e. The van der Waals surface area contributed by atoms with E-state index in [9.17, 15) is 13.2 Å². The third-order valence-electron chi connectivity index (χ3n) is 3.72. The van der Waals surface area contributed by atoms with E-state index in [-0.39, 0.29) is 16.3 Å². The Hall–Kier alpha value is -0.880. The van der Waals surface area contributed by atoms with E-state index in [1.54, 1.807) is 12.1 Å². The molecule has 0 radical (unpaired) electrons. The highest BCUT2D eigenvalue weighted by Crippen LogP contribution is 2.31. The first-order valence-electron chi connectivity index (χ1n) is 6.55. The molecule has 0 atom stereocenters. The summed E-state index contributed by atoms with van der Waals surface area (Å²) < 4.78 is 23.1. The monoisotopic (exact) mass is 359 g/mol. The molecular weight excluding hydrogens is 342 g/mol. The summed E-state index contributed by atoms with van der Waals surface area (Å²) in [6.07, 6.45) is 5.26. The van der Waals surface area contributed by atoms with Crippen LogP contribution in [-0.4, -0.2) is 31.4 Å². The molecule has 1 aromatic rings. The molecule has 1 aromatic carbocycles. The van der Waals surface area contributed by atoms with Crippen LogP contribution in [0.4, 0.5) is 0 Å². The minimum Gasteiger partial charge on any atom is -0.346 e. The zero-order valence-electron chi connectivity index (χ0n) is 11.4. The topological polar surface area (TPSA) is 63.2 Å². The van der Waals surface area contributed by atoms with Gasteiger partial charge in [0.05, 0.1) is 10.4 Å². The molecular formula is C14H18BrNO3S. The molecule has 20 heavy (non-hydrogen) atoms. The minimum atomic E-state index is -3.30. The summed E-state index contributed by atoms with van der Waals surface area (Å²) in [4.78, 5) is 12.5. The van der Waals surface area contributed by atoms with Gasteiger partial charge in [0.2, 0.25) is 0 Å². The summed E-state index contributed by atoms with van der Waals surface area (Å²) >= 11 is 3.47. The molecule has 1 saturated carbocycles. The van der Waals surface area contributed by atoms with E-state index in [2.05, 4.69) is 21.2 Å². The Morgan fingerprint density at radius 1 is 1.35 bits per heavy atom. The van der Waals surface area contributed by atoms with E-state index < -0.39 is 9.84 Å². The van der Waals surface area contributed by atoms with E-state index >= 15 is 0 Å². The van der Waals surface area contributed by atoms with Crippen molar-refractivity contribution in [1.29, 1.82) is 0 Å². The molecule has 1 aliphatic carbocycles. The van der Waals surface area contributed by atoms with E-state index in [0.717, 1.165) is 37.3 Å². The molecule has 1 N–H and O–H groups in total. The van der Waals surface area contributed by atoms with Gasteiger partial charge in [-0.05, 0) is 31.0 Å².